The van der Waals surface area contributed by atoms with E-state index in [9.17, 15) is 0 Å². The molecule has 1 aliphatic carbocycles. The van der Waals surface area contributed by atoms with Crippen molar-refractivity contribution in [2.45, 2.75) is 19.3 Å². The number of nitrogens with zero attached hydrogens (tertiary/aromatic N) is 5. The summed E-state index contributed by atoms with van der Waals surface area (Å²) >= 11 is 0. The van der Waals surface area contributed by atoms with Crippen molar-refractivity contribution in [3.05, 3.63) is 175 Å². The Kier molecular flexibility index (Phi) is 6.79. The van der Waals surface area contributed by atoms with Crippen LogP contribution in [0, 0.1) is 0 Å². The largest absolute Gasteiger partial charge is 0.436 e. The van der Waals surface area contributed by atoms with Crippen molar-refractivity contribution >= 4 is 32.9 Å². The van der Waals surface area contributed by atoms with Crippen LogP contribution in [0.4, 0.5) is 0 Å². The minimum absolute atomic E-state index is 0.200. The van der Waals surface area contributed by atoms with E-state index in [2.05, 4.69) is 91.2 Å². The van der Waals surface area contributed by atoms with Crippen LogP contribution in [-0.2, 0) is 5.41 Å². The van der Waals surface area contributed by atoms with E-state index in [1.807, 2.05) is 91.0 Å². The van der Waals surface area contributed by atoms with Crippen molar-refractivity contribution in [1.82, 2.24) is 24.5 Å². The zero-order valence-corrected chi connectivity index (χ0v) is 30.2. The topological polar surface area (TPSA) is 69.6 Å². The number of benzene rings is 7. The standard InChI is InChI=1S/C49H33N5O/c1-49(2)39-24-23-34(27-36(39)37-28-41-44(29-40(37)49)55-48(50-41)32-18-10-5-11-19-32)54-42-21-13-12-20-35(42)38-26-33(22-25-43(38)54)47-52-45(30-14-6-3-7-15-30)51-46(53-47)31-16-8-4-9-17-31/h3-29H,1-2H3. The molecule has 3 heterocycles. The summed E-state index contributed by atoms with van der Waals surface area (Å²) < 4.78 is 8.70. The van der Waals surface area contributed by atoms with Gasteiger partial charge in [-0.2, -0.15) is 0 Å². The van der Waals surface area contributed by atoms with Crippen LogP contribution < -0.4 is 0 Å². The fourth-order valence-electron chi connectivity index (χ4n) is 8.33. The Balaban J connectivity index is 1.06. The second-order valence-electron chi connectivity index (χ2n) is 14.7. The average Bonchev–Trinajstić information content (AvgIpc) is 3.88. The fourth-order valence-corrected chi connectivity index (χ4v) is 8.33. The van der Waals surface area contributed by atoms with Gasteiger partial charge < -0.3 is 8.98 Å². The van der Waals surface area contributed by atoms with Gasteiger partial charge in [-0.1, -0.05) is 117 Å². The van der Waals surface area contributed by atoms with E-state index in [1.165, 1.54) is 27.6 Å². The maximum Gasteiger partial charge on any atom is 0.227 e. The number of aromatic nitrogens is 5. The molecule has 0 spiro atoms. The second kappa shape index (κ2) is 11.9. The Morgan fingerprint density at radius 3 is 1.73 bits per heavy atom. The third kappa shape index (κ3) is 4.95. The molecule has 0 unspecified atom stereocenters. The second-order valence-corrected chi connectivity index (χ2v) is 14.7. The SMILES string of the molecule is CC1(C)c2ccc(-n3c4ccccc4c4cc(-c5nc(-c6ccccc6)nc(-c6ccccc6)n5)ccc43)cc2-c2cc3nc(-c4ccccc4)oc3cc21. The van der Waals surface area contributed by atoms with E-state index < -0.39 is 0 Å². The van der Waals surface area contributed by atoms with Gasteiger partial charge in [0.05, 0.1) is 11.0 Å². The van der Waals surface area contributed by atoms with Crippen LogP contribution in [-0.4, -0.2) is 24.5 Å². The molecule has 7 aromatic carbocycles. The van der Waals surface area contributed by atoms with Crippen LogP contribution in [0.5, 0.6) is 0 Å². The van der Waals surface area contributed by atoms with Crippen LogP contribution in [0.15, 0.2) is 168 Å². The molecule has 0 bridgehead atoms. The molecule has 0 N–H and O–H groups in total. The first-order chi connectivity index (χ1) is 27.0. The van der Waals surface area contributed by atoms with E-state index >= 15 is 0 Å². The molecule has 3 aromatic heterocycles. The molecule has 10 aromatic rings. The van der Waals surface area contributed by atoms with Gasteiger partial charge in [-0.25, -0.2) is 19.9 Å². The van der Waals surface area contributed by atoms with Gasteiger partial charge in [0.15, 0.2) is 23.1 Å². The lowest BCUT2D eigenvalue weighted by atomic mass is 9.82. The Labute approximate surface area is 317 Å². The summed E-state index contributed by atoms with van der Waals surface area (Å²) in [5.74, 6) is 2.57. The molecule has 0 radical (unpaired) electrons. The Morgan fingerprint density at radius 1 is 0.455 bits per heavy atom. The Morgan fingerprint density at radius 2 is 1.04 bits per heavy atom. The highest BCUT2D eigenvalue weighted by Gasteiger charge is 2.37. The third-order valence-electron chi connectivity index (χ3n) is 11.1. The number of hydrogen-bond donors (Lipinski definition) is 0. The molecule has 0 saturated heterocycles. The summed E-state index contributed by atoms with van der Waals surface area (Å²) in [6.45, 7) is 4.60. The van der Waals surface area contributed by atoms with Crippen LogP contribution in [0.25, 0.3) is 95.3 Å². The van der Waals surface area contributed by atoms with Crippen molar-refractivity contribution in [3.8, 4) is 62.4 Å². The van der Waals surface area contributed by atoms with E-state index in [0.29, 0.717) is 23.4 Å². The highest BCUT2D eigenvalue weighted by Crippen LogP contribution is 2.51. The van der Waals surface area contributed by atoms with Gasteiger partial charge in [0.25, 0.3) is 0 Å². The van der Waals surface area contributed by atoms with Gasteiger partial charge >= 0.3 is 0 Å². The molecule has 0 atom stereocenters. The molecule has 0 aliphatic heterocycles. The first-order valence-corrected chi connectivity index (χ1v) is 18.6. The molecular formula is C49H33N5O. The molecule has 1 aliphatic rings. The van der Waals surface area contributed by atoms with Crippen LogP contribution >= 0.6 is 0 Å². The summed E-state index contributed by atoms with van der Waals surface area (Å²) in [4.78, 5) is 19.9. The van der Waals surface area contributed by atoms with E-state index in [-0.39, 0.29) is 5.41 Å². The third-order valence-corrected chi connectivity index (χ3v) is 11.1. The average molecular weight is 708 g/mol. The van der Waals surface area contributed by atoms with Crippen LogP contribution in [0.1, 0.15) is 25.0 Å². The minimum Gasteiger partial charge on any atom is -0.436 e. The lowest BCUT2D eigenvalue weighted by Gasteiger charge is -2.21. The molecule has 55 heavy (non-hydrogen) atoms. The molecule has 11 rings (SSSR count). The highest BCUT2D eigenvalue weighted by atomic mass is 16.3. The molecule has 0 amide bonds. The number of rotatable bonds is 5. The van der Waals surface area contributed by atoms with Crippen molar-refractivity contribution in [2.75, 3.05) is 0 Å². The van der Waals surface area contributed by atoms with Crippen molar-refractivity contribution in [1.29, 1.82) is 0 Å². The van der Waals surface area contributed by atoms with Gasteiger partial charge in [-0.15, -0.1) is 0 Å². The summed E-state index contributed by atoms with van der Waals surface area (Å²) in [7, 11) is 0. The quantitative estimate of drug-likeness (QED) is 0.178. The smallest absolute Gasteiger partial charge is 0.227 e. The van der Waals surface area contributed by atoms with Gasteiger partial charge in [-0.3, -0.25) is 0 Å². The fraction of sp³-hybridized carbons (Fsp3) is 0.0612. The lowest BCUT2D eigenvalue weighted by Crippen LogP contribution is -2.14. The van der Waals surface area contributed by atoms with Crippen molar-refractivity contribution in [2.24, 2.45) is 0 Å². The maximum absolute atomic E-state index is 6.32. The highest BCUT2D eigenvalue weighted by molar-refractivity contribution is 6.10. The van der Waals surface area contributed by atoms with Crippen LogP contribution in [0.2, 0.25) is 0 Å². The first-order valence-electron chi connectivity index (χ1n) is 18.6. The summed E-state index contributed by atoms with van der Waals surface area (Å²) in [5.41, 5.74) is 13.6. The summed E-state index contributed by atoms with van der Waals surface area (Å²) in [5, 5.41) is 2.30. The van der Waals surface area contributed by atoms with E-state index in [0.717, 1.165) is 55.5 Å². The molecule has 0 saturated carbocycles. The number of fused-ring (bicyclic) bond motifs is 7. The minimum atomic E-state index is -0.200. The summed E-state index contributed by atoms with van der Waals surface area (Å²) in [6, 6.07) is 56.8. The monoisotopic (exact) mass is 707 g/mol. The van der Waals surface area contributed by atoms with Gasteiger partial charge in [-0.05, 0) is 82.9 Å². The van der Waals surface area contributed by atoms with E-state index in [4.69, 9.17) is 24.4 Å². The lowest BCUT2D eigenvalue weighted by molar-refractivity contribution is 0.614. The molecule has 260 valence electrons. The van der Waals surface area contributed by atoms with Gasteiger partial charge in [0, 0.05) is 44.1 Å². The van der Waals surface area contributed by atoms with Crippen molar-refractivity contribution in [3.63, 3.8) is 0 Å². The summed E-state index contributed by atoms with van der Waals surface area (Å²) in [6.07, 6.45) is 0. The zero-order chi connectivity index (χ0) is 36.7. The van der Waals surface area contributed by atoms with Crippen LogP contribution in [0.3, 0.4) is 0 Å². The molecule has 0 fully saturated rings. The number of para-hydroxylation sites is 1. The molecular weight excluding hydrogens is 675 g/mol. The first kappa shape index (κ1) is 31.4. The van der Waals surface area contributed by atoms with E-state index in [1.54, 1.807) is 0 Å². The van der Waals surface area contributed by atoms with Crippen molar-refractivity contribution < 1.29 is 4.42 Å². The Bertz CT molecular complexity index is 3050. The predicted octanol–water partition coefficient (Wildman–Crippen LogP) is 12.1. The molecule has 6 heteroatoms. The Hall–Kier alpha value is -7.18. The number of oxazole rings is 1. The molecule has 6 nitrogen and oxygen atoms in total. The zero-order valence-electron chi connectivity index (χ0n) is 30.2. The maximum atomic E-state index is 6.32. The predicted molar refractivity (Wildman–Crippen MR) is 221 cm³/mol. The van der Waals surface area contributed by atoms with Gasteiger partial charge in [0.2, 0.25) is 5.89 Å². The normalized spacial score (nSPS) is 13.1. The van der Waals surface area contributed by atoms with Gasteiger partial charge in [0.1, 0.15) is 5.52 Å². The number of hydrogen-bond acceptors (Lipinski definition) is 5.